The fourth-order valence-corrected chi connectivity index (χ4v) is 2.98. The van der Waals surface area contributed by atoms with E-state index in [1.165, 1.54) is 31.4 Å². The molecule has 0 saturated carbocycles. The van der Waals surface area contributed by atoms with Gasteiger partial charge >= 0.3 is 0 Å². The number of aromatic nitrogens is 2. The van der Waals surface area contributed by atoms with Gasteiger partial charge < -0.3 is 10.5 Å². The molecule has 21 heavy (non-hydrogen) atoms. The number of anilines is 2. The van der Waals surface area contributed by atoms with Crippen LogP contribution in [-0.4, -0.2) is 25.5 Å². The number of sulfonamides is 1. The molecule has 7 nitrogen and oxygen atoms in total. The van der Waals surface area contributed by atoms with E-state index in [9.17, 15) is 8.42 Å². The molecule has 1 aromatic heterocycles. The molecule has 0 unspecified atom stereocenters. The molecule has 10 heteroatoms. The summed E-state index contributed by atoms with van der Waals surface area (Å²) < 4.78 is 31.6. The first kappa shape index (κ1) is 15.6. The van der Waals surface area contributed by atoms with Crippen LogP contribution in [0.5, 0.6) is 5.88 Å². The normalized spacial score (nSPS) is 11.2. The number of ether oxygens (including phenoxy) is 1. The number of rotatable bonds is 4. The van der Waals surface area contributed by atoms with Crippen LogP contribution in [-0.2, 0) is 10.0 Å². The van der Waals surface area contributed by atoms with Crippen LogP contribution in [0.1, 0.15) is 0 Å². The monoisotopic (exact) mass is 348 g/mol. The minimum Gasteiger partial charge on any atom is -0.481 e. The maximum absolute atomic E-state index is 12.3. The van der Waals surface area contributed by atoms with Crippen molar-refractivity contribution in [2.45, 2.75) is 4.90 Å². The van der Waals surface area contributed by atoms with Gasteiger partial charge in [-0.25, -0.2) is 18.1 Å². The first-order chi connectivity index (χ1) is 9.81. The lowest BCUT2D eigenvalue weighted by atomic mass is 10.3. The summed E-state index contributed by atoms with van der Waals surface area (Å²) >= 11 is 11.5. The standard InChI is InChI=1S/C11H10Cl2N4O3S/c1-20-10-5-9(13)15-11(16-10)17-21(18,19)8-4-6(12)2-3-7(8)14/h2-5H,14H2,1H3,(H,15,16,17). The van der Waals surface area contributed by atoms with Gasteiger partial charge in [0.2, 0.25) is 11.8 Å². The molecule has 0 amide bonds. The zero-order valence-electron chi connectivity index (χ0n) is 10.7. The summed E-state index contributed by atoms with van der Waals surface area (Å²) in [5.74, 6) is -0.120. The molecule has 0 bridgehead atoms. The molecular weight excluding hydrogens is 339 g/mol. The Hall–Kier alpha value is -1.77. The molecule has 2 rings (SSSR count). The number of hydrogen-bond donors (Lipinski definition) is 2. The molecule has 0 radical (unpaired) electrons. The van der Waals surface area contributed by atoms with Gasteiger partial charge in [-0.3, -0.25) is 0 Å². The Kier molecular flexibility index (Phi) is 4.40. The molecule has 0 aliphatic heterocycles. The molecule has 0 atom stereocenters. The smallest absolute Gasteiger partial charge is 0.266 e. The molecule has 0 spiro atoms. The van der Waals surface area contributed by atoms with Gasteiger partial charge in [0.05, 0.1) is 12.8 Å². The van der Waals surface area contributed by atoms with Crippen LogP contribution in [0.3, 0.4) is 0 Å². The third kappa shape index (κ3) is 3.66. The Morgan fingerprint density at radius 2 is 1.95 bits per heavy atom. The highest BCUT2D eigenvalue weighted by molar-refractivity contribution is 7.92. The van der Waals surface area contributed by atoms with E-state index in [4.69, 9.17) is 33.7 Å². The van der Waals surface area contributed by atoms with Crippen LogP contribution < -0.4 is 15.2 Å². The number of halogens is 2. The Labute approximate surface area is 131 Å². The van der Waals surface area contributed by atoms with Gasteiger partial charge in [0.1, 0.15) is 10.0 Å². The minimum atomic E-state index is -4.01. The number of benzene rings is 1. The van der Waals surface area contributed by atoms with Crippen molar-refractivity contribution in [3.05, 3.63) is 34.4 Å². The molecule has 1 aromatic carbocycles. The molecule has 0 fully saturated rings. The highest BCUT2D eigenvalue weighted by Gasteiger charge is 2.20. The van der Waals surface area contributed by atoms with E-state index in [-0.39, 0.29) is 32.6 Å². The molecule has 1 heterocycles. The van der Waals surface area contributed by atoms with Gasteiger partial charge in [-0.2, -0.15) is 4.98 Å². The molecular formula is C11H10Cl2N4O3S. The van der Waals surface area contributed by atoms with Crippen LogP contribution >= 0.6 is 23.2 Å². The summed E-state index contributed by atoms with van der Waals surface area (Å²) in [4.78, 5) is 7.40. The van der Waals surface area contributed by atoms with E-state index in [1.807, 2.05) is 0 Å². The molecule has 0 aliphatic rings. The summed E-state index contributed by atoms with van der Waals surface area (Å²) in [6.07, 6.45) is 0. The predicted octanol–water partition coefficient (Wildman–Crippen LogP) is 2.17. The number of nitrogens with two attached hydrogens (primary N) is 1. The van der Waals surface area contributed by atoms with Gasteiger partial charge in [0.25, 0.3) is 10.0 Å². The average molecular weight is 349 g/mol. The van der Waals surface area contributed by atoms with Crippen LogP contribution in [0.15, 0.2) is 29.2 Å². The minimum absolute atomic E-state index is 0.0265. The van der Waals surface area contributed by atoms with Crippen LogP contribution in [0, 0.1) is 0 Å². The fourth-order valence-electron chi connectivity index (χ4n) is 1.46. The van der Waals surface area contributed by atoms with Crippen molar-refractivity contribution in [2.24, 2.45) is 0 Å². The Balaban J connectivity index is 2.42. The average Bonchev–Trinajstić information content (AvgIpc) is 2.40. The van der Waals surface area contributed by atoms with Crippen molar-refractivity contribution in [3.63, 3.8) is 0 Å². The molecule has 0 saturated heterocycles. The number of methoxy groups -OCH3 is 1. The van der Waals surface area contributed by atoms with Crippen LogP contribution in [0.2, 0.25) is 10.2 Å². The predicted molar refractivity (Wildman–Crippen MR) is 80.3 cm³/mol. The van der Waals surface area contributed by atoms with Crippen LogP contribution in [0.4, 0.5) is 11.6 Å². The second-order valence-electron chi connectivity index (χ2n) is 3.84. The van der Waals surface area contributed by atoms with Crippen molar-refractivity contribution in [2.75, 3.05) is 17.6 Å². The van der Waals surface area contributed by atoms with E-state index in [2.05, 4.69) is 14.7 Å². The SMILES string of the molecule is COc1cc(Cl)nc(NS(=O)(=O)c2cc(Cl)ccc2N)n1. The van der Waals surface area contributed by atoms with E-state index < -0.39 is 10.0 Å². The van der Waals surface area contributed by atoms with E-state index >= 15 is 0 Å². The molecule has 3 N–H and O–H groups in total. The van der Waals surface area contributed by atoms with Crippen LogP contribution in [0.25, 0.3) is 0 Å². The lowest BCUT2D eigenvalue weighted by Gasteiger charge is -2.10. The highest BCUT2D eigenvalue weighted by Crippen LogP contribution is 2.25. The maximum atomic E-state index is 12.3. The zero-order chi connectivity index (χ0) is 15.6. The lowest BCUT2D eigenvalue weighted by molar-refractivity contribution is 0.397. The van der Waals surface area contributed by atoms with Crippen molar-refractivity contribution in [1.82, 2.24) is 9.97 Å². The van der Waals surface area contributed by atoms with Gasteiger partial charge in [-0.15, -0.1) is 0 Å². The van der Waals surface area contributed by atoms with Gasteiger partial charge in [0.15, 0.2) is 0 Å². The second-order valence-corrected chi connectivity index (χ2v) is 6.32. The van der Waals surface area contributed by atoms with E-state index in [0.717, 1.165) is 0 Å². The summed E-state index contributed by atoms with van der Waals surface area (Å²) in [5.41, 5.74) is 5.69. The Morgan fingerprint density at radius 1 is 1.24 bits per heavy atom. The van der Waals surface area contributed by atoms with Crippen molar-refractivity contribution in [3.8, 4) is 5.88 Å². The number of nitrogens with one attached hydrogen (secondary N) is 1. The van der Waals surface area contributed by atoms with Gasteiger partial charge in [0, 0.05) is 11.1 Å². The quantitative estimate of drug-likeness (QED) is 0.647. The first-order valence-electron chi connectivity index (χ1n) is 5.48. The molecule has 112 valence electrons. The number of nitrogen functional groups attached to an aromatic ring is 1. The largest absolute Gasteiger partial charge is 0.481 e. The van der Waals surface area contributed by atoms with Gasteiger partial charge in [-0.05, 0) is 18.2 Å². The zero-order valence-corrected chi connectivity index (χ0v) is 13.0. The summed E-state index contributed by atoms with van der Waals surface area (Å²) in [5, 5.41) is 0.257. The van der Waals surface area contributed by atoms with Crippen molar-refractivity contribution in [1.29, 1.82) is 0 Å². The Morgan fingerprint density at radius 3 is 2.62 bits per heavy atom. The summed E-state index contributed by atoms with van der Waals surface area (Å²) in [6.45, 7) is 0. The first-order valence-corrected chi connectivity index (χ1v) is 7.72. The van der Waals surface area contributed by atoms with Gasteiger partial charge in [-0.1, -0.05) is 23.2 Å². The third-order valence-electron chi connectivity index (χ3n) is 2.37. The van der Waals surface area contributed by atoms with Crippen molar-refractivity contribution < 1.29 is 13.2 Å². The number of hydrogen-bond acceptors (Lipinski definition) is 6. The van der Waals surface area contributed by atoms with E-state index in [0.29, 0.717) is 0 Å². The number of nitrogens with zero attached hydrogens (tertiary/aromatic N) is 2. The summed E-state index contributed by atoms with van der Waals surface area (Å²) in [6, 6.07) is 5.43. The fraction of sp³-hybridized carbons (Fsp3) is 0.0909. The van der Waals surface area contributed by atoms with E-state index in [1.54, 1.807) is 0 Å². The maximum Gasteiger partial charge on any atom is 0.266 e. The van der Waals surface area contributed by atoms with Crippen molar-refractivity contribution >= 4 is 44.9 Å². The highest BCUT2D eigenvalue weighted by atomic mass is 35.5. The Bertz CT molecular complexity index is 783. The topological polar surface area (TPSA) is 107 Å². The lowest BCUT2D eigenvalue weighted by Crippen LogP contribution is -2.17. The molecule has 2 aromatic rings. The third-order valence-corrected chi connectivity index (χ3v) is 4.18. The summed E-state index contributed by atoms with van der Waals surface area (Å²) in [7, 11) is -2.64. The second kappa shape index (κ2) is 5.92. The molecule has 0 aliphatic carbocycles.